The lowest BCUT2D eigenvalue weighted by molar-refractivity contribution is -0.117. The van der Waals surface area contributed by atoms with Gasteiger partial charge >= 0.3 is 5.51 Å². The highest BCUT2D eigenvalue weighted by Gasteiger charge is 2.55. The number of alkyl halides is 3. The van der Waals surface area contributed by atoms with Crippen LogP contribution < -0.4 is 5.32 Å². The van der Waals surface area contributed by atoms with E-state index in [1.807, 2.05) is 0 Å². The fourth-order valence-electron chi connectivity index (χ4n) is 2.53. The number of thioether (sulfide) groups is 1. The number of carbonyl (C=O) groups is 1. The summed E-state index contributed by atoms with van der Waals surface area (Å²) >= 11 is -0.296. The van der Waals surface area contributed by atoms with Crippen molar-refractivity contribution in [3.63, 3.8) is 0 Å². The van der Waals surface area contributed by atoms with Gasteiger partial charge in [-0.05, 0) is 23.4 Å². The van der Waals surface area contributed by atoms with Crippen LogP contribution in [0.5, 0.6) is 0 Å². The first-order valence-electron chi connectivity index (χ1n) is 6.17. The Hall–Kier alpha value is -1.95. The summed E-state index contributed by atoms with van der Waals surface area (Å²) in [5.41, 5.74) is -3.47. The van der Waals surface area contributed by atoms with E-state index in [0.717, 1.165) is 0 Å². The standard InChI is InChI=1S/C15H10F3NOS/c16-15(17,18)21-14(10-6-2-1-3-7-10)11-8-4-5-9-12(11)19-13(14)20/h1-9H,(H,19,20). The summed E-state index contributed by atoms with van der Waals surface area (Å²) in [6.45, 7) is 0. The number of fused-ring (bicyclic) bond motifs is 1. The molecule has 1 N–H and O–H groups in total. The number of halogens is 3. The highest BCUT2D eigenvalue weighted by molar-refractivity contribution is 8.02. The Balaban J connectivity index is 2.25. The largest absolute Gasteiger partial charge is 0.443 e. The van der Waals surface area contributed by atoms with Gasteiger partial charge in [0.15, 0.2) is 4.75 Å². The lowest BCUT2D eigenvalue weighted by Gasteiger charge is -2.28. The molecule has 0 aliphatic carbocycles. The molecule has 1 atom stereocenters. The van der Waals surface area contributed by atoms with E-state index in [1.165, 1.54) is 0 Å². The third-order valence-corrected chi connectivity index (χ3v) is 4.50. The lowest BCUT2D eigenvalue weighted by atomic mass is 9.91. The van der Waals surface area contributed by atoms with Gasteiger partial charge in [-0.3, -0.25) is 4.79 Å². The lowest BCUT2D eigenvalue weighted by Crippen LogP contribution is -2.35. The molecule has 6 heteroatoms. The highest BCUT2D eigenvalue weighted by atomic mass is 32.2. The molecule has 108 valence electrons. The molecular weight excluding hydrogens is 299 g/mol. The van der Waals surface area contributed by atoms with Gasteiger partial charge in [-0.1, -0.05) is 48.5 Å². The normalized spacial score (nSPS) is 21.0. The molecule has 2 aromatic carbocycles. The Labute approximate surface area is 123 Å². The van der Waals surface area contributed by atoms with Crippen LogP contribution in [0.2, 0.25) is 0 Å². The van der Waals surface area contributed by atoms with Gasteiger partial charge in [0, 0.05) is 11.3 Å². The first-order valence-corrected chi connectivity index (χ1v) is 6.98. The van der Waals surface area contributed by atoms with Crippen molar-refractivity contribution in [1.29, 1.82) is 0 Å². The van der Waals surface area contributed by atoms with Gasteiger partial charge in [0.2, 0.25) is 5.91 Å². The number of hydrogen-bond donors (Lipinski definition) is 1. The van der Waals surface area contributed by atoms with Crippen LogP contribution in [0, 0.1) is 0 Å². The van der Waals surface area contributed by atoms with Crippen LogP contribution in [0.4, 0.5) is 18.9 Å². The molecule has 1 aliphatic rings. The predicted molar refractivity (Wildman–Crippen MR) is 75.9 cm³/mol. The molecular formula is C15H10F3NOS. The second kappa shape index (κ2) is 4.80. The van der Waals surface area contributed by atoms with Gasteiger partial charge in [0.25, 0.3) is 0 Å². The summed E-state index contributed by atoms with van der Waals surface area (Å²) in [4.78, 5) is 12.4. The highest BCUT2D eigenvalue weighted by Crippen LogP contribution is 2.55. The van der Waals surface area contributed by atoms with E-state index in [0.29, 0.717) is 16.8 Å². The second-order valence-corrected chi connectivity index (χ2v) is 5.87. The van der Waals surface area contributed by atoms with Crippen LogP contribution in [0.25, 0.3) is 0 Å². The molecule has 0 saturated carbocycles. The fourth-order valence-corrected chi connectivity index (χ4v) is 3.56. The number of para-hydroxylation sites is 1. The summed E-state index contributed by atoms with van der Waals surface area (Å²) in [5.74, 6) is -0.669. The van der Waals surface area contributed by atoms with Crippen molar-refractivity contribution in [3.8, 4) is 0 Å². The van der Waals surface area contributed by atoms with Crippen molar-refractivity contribution in [2.75, 3.05) is 5.32 Å². The van der Waals surface area contributed by atoms with E-state index < -0.39 is 16.2 Å². The minimum Gasteiger partial charge on any atom is -0.324 e. The molecule has 0 spiro atoms. The molecule has 1 heterocycles. The van der Waals surface area contributed by atoms with E-state index >= 15 is 0 Å². The summed E-state index contributed by atoms with van der Waals surface area (Å²) < 4.78 is 37.5. The molecule has 21 heavy (non-hydrogen) atoms. The molecule has 0 saturated heterocycles. The maximum absolute atomic E-state index is 13.1. The van der Waals surface area contributed by atoms with Gasteiger partial charge in [-0.15, -0.1) is 0 Å². The summed E-state index contributed by atoms with van der Waals surface area (Å²) in [5, 5.41) is 2.55. The minimum atomic E-state index is -4.54. The van der Waals surface area contributed by atoms with Crippen LogP contribution in [0.1, 0.15) is 11.1 Å². The van der Waals surface area contributed by atoms with Crippen molar-refractivity contribution < 1.29 is 18.0 Å². The third kappa shape index (κ3) is 2.29. The third-order valence-electron chi connectivity index (χ3n) is 3.32. The number of nitrogens with one attached hydrogen (secondary N) is 1. The van der Waals surface area contributed by atoms with Crippen molar-refractivity contribution in [2.45, 2.75) is 10.3 Å². The summed E-state index contributed by atoms with van der Waals surface area (Å²) in [6, 6.07) is 14.5. The monoisotopic (exact) mass is 309 g/mol. The molecule has 0 aromatic heterocycles. The number of carbonyl (C=O) groups excluding carboxylic acids is 1. The fraction of sp³-hybridized carbons (Fsp3) is 0.133. The summed E-state index contributed by atoms with van der Waals surface area (Å²) in [7, 11) is 0. The molecule has 0 bridgehead atoms. The maximum Gasteiger partial charge on any atom is 0.443 e. The Morgan fingerprint density at radius 3 is 2.24 bits per heavy atom. The van der Waals surface area contributed by atoms with Crippen molar-refractivity contribution in [1.82, 2.24) is 0 Å². The van der Waals surface area contributed by atoms with E-state index in [2.05, 4.69) is 5.32 Å². The molecule has 1 unspecified atom stereocenters. The number of anilines is 1. The van der Waals surface area contributed by atoms with Crippen LogP contribution in [-0.4, -0.2) is 11.4 Å². The molecule has 0 radical (unpaired) electrons. The smallest absolute Gasteiger partial charge is 0.324 e. The van der Waals surface area contributed by atoms with Crippen molar-refractivity contribution >= 4 is 23.4 Å². The van der Waals surface area contributed by atoms with Crippen molar-refractivity contribution in [3.05, 3.63) is 65.7 Å². The van der Waals surface area contributed by atoms with Gasteiger partial charge in [-0.25, -0.2) is 0 Å². The number of benzene rings is 2. The Kier molecular flexibility index (Phi) is 3.20. The molecule has 1 amide bonds. The second-order valence-electron chi connectivity index (χ2n) is 4.59. The first-order chi connectivity index (χ1) is 9.93. The Morgan fingerprint density at radius 2 is 1.57 bits per heavy atom. The maximum atomic E-state index is 13.1. The minimum absolute atomic E-state index is 0.296. The molecule has 0 fully saturated rings. The zero-order valence-corrected chi connectivity index (χ0v) is 11.5. The van der Waals surface area contributed by atoms with Crippen LogP contribution in [0.3, 0.4) is 0 Å². The van der Waals surface area contributed by atoms with Gasteiger partial charge in [-0.2, -0.15) is 13.2 Å². The summed E-state index contributed by atoms with van der Waals surface area (Å²) in [6.07, 6.45) is 0. The Bertz CT molecular complexity index is 687. The number of amides is 1. The first kappa shape index (κ1) is 14.0. The number of rotatable bonds is 2. The van der Waals surface area contributed by atoms with Crippen LogP contribution in [0.15, 0.2) is 54.6 Å². The van der Waals surface area contributed by atoms with Crippen LogP contribution in [-0.2, 0) is 9.54 Å². The molecule has 2 nitrogen and oxygen atoms in total. The molecule has 1 aliphatic heterocycles. The predicted octanol–water partition coefficient (Wildman–Crippen LogP) is 4.14. The van der Waals surface area contributed by atoms with E-state index in [-0.39, 0.29) is 11.8 Å². The SMILES string of the molecule is O=C1Nc2ccccc2C1(SC(F)(F)F)c1ccccc1. The number of hydrogen-bond acceptors (Lipinski definition) is 2. The molecule has 3 rings (SSSR count). The van der Waals surface area contributed by atoms with E-state index in [4.69, 9.17) is 0 Å². The van der Waals surface area contributed by atoms with E-state index in [1.54, 1.807) is 54.6 Å². The van der Waals surface area contributed by atoms with Gasteiger partial charge in [0.05, 0.1) is 0 Å². The quantitative estimate of drug-likeness (QED) is 0.903. The Morgan fingerprint density at radius 1 is 0.952 bits per heavy atom. The van der Waals surface area contributed by atoms with Gasteiger partial charge < -0.3 is 5.32 Å². The van der Waals surface area contributed by atoms with Gasteiger partial charge in [0.1, 0.15) is 0 Å². The van der Waals surface area contributed by atoms with Crippen LogP contribution >= 0.6 is 11.8 Å². The average Bonchev–Trinajstić information content (AvgIpc) is 2.72. The topological polar surface area (TPSA) is 29.1 Å². The average molecular weight is 309 g/mol. The zero-order valence-electron chi connectivity index (χ0n) is 10.6. The molecule has 2 aromatic rings. The zero-order chi connectivity index (χ0) is 15.1. The van der Waals surface area contributed by atoms with Crippen molar-refractivity contribution in [2.24, 2.45) is 0 Å². The van der Waals surface area contributed by atoms with E-state index in [9.17, 15) is 18.0 Å².